The molecule has 0 spiro atoms. The summed E-state index contributed by atoms with van der Waals surface area (Å²) in [7, 11) is 0. The van der Waals surface area contributed by atoms with Crippen LogP contribution in [0.5, 0.6) is 0 Å². The van der Waals surface area contributed by atoms with Crippen LogP contribution >= 0.6 is 0 Å². The van der Waals surface area contributed by atoms with E-state index >= 15 is 0 Å². The minimum Gasteiger partial charge on any atom is -0.350 e. The Morgan fingerprint density at radius 3 is 2.68 bits per heavy atom. The van der Waals surface area contributed by atoms with Gasteiger partial charge in [-0.1, -0.05) is 18.2 Å². The van der Waals surface area contributed by atoms with Gasteiger partial charge in [0.05, 0.1) is 0 Å². The lowest BCUT2D eigenvalue weighted by atomic mass is 10.0. The monoisotopic (exact) mass is 296 g/mol. The highest BCUT2D eigenvalue weighted by Gasteiger charge is 2.20. The van der Waals surface area contributed by atoms with Gasteiger partial charge in [0.25, 0.3) is 0 Å². The van der Waals surface area contributed by atoms with Gasteiger partial charge < -0.3 is 10.2 Å². The number of fused-ring (bicyclic) bond motifs is 1. The molecule has 2 aromatic rings. The van der Waals surface area contributed by atoms with Gasteiger partial charge >= 0.3 is 0 Å². The summed E-state index contributed by atoms with van der Waals surface area (Å²) >= 11 is 0. The average molecular weight is 296 g/mol. The molecule has 1 aliphatic heterocycles. The molecule has 0 atom stereocenters. The van der Waals surface area contributed by atoms with E-state index in [9.17, 15) is 0 Å². The molecule has 116 valence electrons. The molecule has 0 bridgehead atoms. The fraction of sp³-hybridized carbons (Fsp3) is 0.444. The van der Waals surface area contributed by atoms with Crippen LogP contribution in [-0.2, 0) is 6.42 Å². The number of hydrogen-bond donors (Lipinski definition) is 1. The summed E-state index contributed by atoms with van der Waals surface area (Å²) in [6.45, 7) is 9.38. The van der Waals surface area contributed by atoms with Crippen LogP contribution in [0.1, 0.15) is 38.4 Å². The first-order valence-corrected chi connectivity index (χ1v) is 7.92. The topological polar surface area (TPSA) is 41.1 Å². The van der Waals surface area contributed by atoms with Crippen molar-refractivity contribution in [1.29, 1.82) is 0 Å². The van der Waals surface area contributed by atoms with Crippen molar-refractivity contribution in [2.45, 2.75) is 46.1 Å². The average Bonchev–Trinajstić information content (AvgIpc) is 2.44. The summed E-state index contributed by atoms with van der Waals surface area (Å²) in [5.74, 6) is 1.68. The van der Waals surface area contributed by atoms with Crippen molar-refractivity contribution in [2.75, 3.05) is 16.8 Å². The van der Waals surface area contributed by atoms with Crippen LogP contribution in [0.3, 0.4) is 0 Å². The highest BCUT2D eigenvalue weighted by Crippen LogP contribution is 2.32. The van der Waals surface area contributed by atoms with Crippen molar-refractivity contribution in [1.82, 2.24) is 9.97 Å². The van der Waals surface area contributed by atoms with Gasteiger partial charge in [-0.25, -0.2) is 4.98 Å². The molecule has 3 rings (SSSR count). The van der Waals surface area contributed by atoms with E-state index in [4.69, 9.17) is 4.98 Å². The van der Waals surface area contributed by atoms with Crippen LogP contribution in [0.4, 0.5) is 17.5 Å². The Morgan fingerprint density at radius 2 is 1.91 bits per heavy atom. The molecule has 2 heterocycles. The summed E-state index contributed by atoms with van der Waals surface area (Å²) < 4.78 is 0. The van der Waals surface area contributed by atoms with Crippen molar-refractivity contribution >= 4 is 17.5 Å². The van der Waals surface area contributed by atoms with Crippen LogP contribution < -0.4 is 10.2 Å². The highest BCUT2D eigenvalue weighted by atomic mass is 15.2. The maximum atomic E-state index is 4.75. The molecule has 0 unspecified atom stereocenters. The SMILES string of the molecule is Cc1cc(N2CCCc3ccccc32)nc(NC(C)(C)C)n1. The van der Waals surface area contributed by atoms with E-state index in [1.165, 1.54) is 11.3 Å². The zero-order chi connectivity index (χ0) is 15.7. The zero-order valence-corrected chi connectivity index (χ0v) is 13.8. The minimum absolute atomic E-state index is 0.0507. The minimum atomic E-state index is -0.0507. The Labute approximate surface area is 132 Å². The van der Waals surface area contributed by atoms with Crippen molar-refractivity contribution in [3.63, 3.8) is 0 Å². The van der Waals surface area contributed by atoms with Gasteiger partial charge in [-0.05, 0) is 52.2 Å². The van der Waals surface area contributed by atoms with Gasteiger partial charge in [0.1, 0.15) is 5.82 Å². The summed E-state index contributed by atoms with van der Waals surface area (Å²) in [6, 6.07) is 10.7. The standard InChI is InChI=1S/C18H24N4/c1-13-12-16(20-17(19-13)21-18(2,3)4)22-11-7-9-14-8-5-6-10-15(14)22/h5-6,8,10,12H,7,9,11H2,1-4H3,(H,19,20,21). The maximum absolute atomic E-state index is 4.75. The van der Waals surface area contributed by atoms with Crippen LogP contribution in [0, 0.1) is 6.92 Å². The predicted molar refractivity (Wildman–Crippen MR) is 91.9 cm³/mol. The third kappa shape index (κ3) is 3.21. The van der Waals surface area contributed by atoms with E-state index in [0.717, 1.165) is 30.9 Å². The van der Waals surface area contributed by atoms with Crippen molar-refractivity contribution in [2.24, 2.45) is 0 Å². The van der Waals surface area contributed by atoms with Crippen LogP contribution in [0.25, 0.3) is 0 Å². The fourth-order valence-corrected chi connectivity index (χ4v) is 2.85. The van der Waals surface area contributed by atoms with Crippen molar-refractivity contribution < 1.29 is 0 Å². The van der Waals surface area contributed by atoms with Crippen molar-refractivity contribution in [3.8, 4) is 0 Å². The highest BCUT2D eigenvalue weighted by molar-refractivity contribution is 5.66. The second-order valence-corrected chi connectivity index (χ2v) is 6.95. The van der Waals surface area contributed by atoms with Gasteiger partial charge in [0.15, 0.2) is 0 Å². The number of nitrogens with zero attached hydrogens (tertiary/aromatic N) is 3. The van der Waals surface area contributed by atoms with E-state index in [0.29, 0.717) is 5.95 Å². The van der Waals surface area contributed by atoms with E-state index in [2.05, 4.69) is 66.3 Å². The molecular weight excluding hydrogens is 272 g/mol. The second kappa shape index (κ2) is 5.59. The number of aromatic nitrogens is 2. The molecule has 0 saturated heterocycles. The Balaban J connectivity index is 1.99. The first-order chi connectivity index (χ1) is 10.4. The molecular formula is C18H24N4. The summed E-state index contributed by atoms with van der Waals surface area (Å²) in [6.07, 6.45) is 2.30. The second-order valence-electron chi connectivity index (χ2n) is 6.95. The first kappa shape index (κ1) is 14.8. The Bertz CT molecular complexity index is 673. The molecule has 4 heteroatoms. The molecule has 0 saturated carbocycles. The van der Waals surface area contributed by atoms with Gasteiger partial charge in [0.2, 0.25) is 5.95 Å². The molecule has 1 aromatic heterocycles. The van der Waals surface area contributed by atoms with E-state index in [1.54, 1.807) is 0 Å². The Kier molecular flexibility index (Phi) is 3.77. The first-order valence-electron chi connectivity index (χ1n) is 7.92. The number of nitrogens with one attached hydrogen (secondary N) is 1. The van der Waals surface area contributed by atoms with Crippen LogP contribution in [0.2, 0.25) is 0 Å². The lowest BCUT2D eigenvalue weighted by Crippen LogP contribution is -2.29. The summed E-state index contributed by atoms with van der Waals surface area (Å²) in [5.41, 5.74) is 3.61. The normalized spacial score (nSPS) is 14.6. The number of rotatable bonds is 2. The molecule has 0 amide bonds. The number of anilines is 3. The number of benzene rings is 1. The zero-order valence-electron chi connectivity index (χ0n) is 13.8. The van der Waals surface area contributed by atoms with Crippen LogP contribution in [0.15, 0.2) is 30.3 Å². The van der Waals surface area contributed by atoms with E-state index < -0.39 is 0 Å². The van der Waals surface area contributed by atoms with Gasteiger partial charge in [-0.15, -0.1) is 0 Å². The molecule has 0 radical (unpaired) electrons. The number of aryl methyl sites for hydroxylation is 2. The molecule has 22 heavy (non-hydrogen) atoms. The van der Waals surface area contributed by atoms with Crippen molar-refractivity contribution in [3.05, 3.63) is 41.6 Å². The lowest BCUT2D eigenvalue weighted by Gasteiger charge is -2.31. The Morgan fingerprint density at radius 1 is 1.14 bits per heavy atom. The predicted octanol–water partition coefficient (Wildman–Crippen LogP) is 4.08. The quantitative estimate of drug-likeness (QED) is 0.906. The molecule has 0 aliphatic carbocycles. The summed E-state index contributed by atoms with van der Waals surface area (Å²) in [5, 5.41) is 3.38. The molecule has 1 aromatic carbocycles. The molecule has 4 nitrogen and oxygen atoms in total. The van der Waals surface area contributed by atoms with Gasteiger partial charge in [-0.2, -0.15) is 4.98 Å². The number of hydrogen-bond acceptors (Lipinski definition) is 4. The number of para-hydroxylation sites is 1. The third-order valence-electron chi connectivity index (χ3n) is 3.71. The molecule has 1 N–H and O–H groups in total. The fourth-order valence-electron chi connectivity index (χ4n) is 2.85. The Hall–Kier alpha value is -2.10. The maximum Gasteiger partial charge on any atom is 0.225 e. The largest absolute Gasteiger partial charge is 0.350 e. The lowest BCUT2D eigenvalue weighted by molar-refractivity contribution is 0.625. The van der Waals surface area contributed by atoms with Gasteiger partial charge in [-0.3, -0.25) is 0 Å². The smallest absolute Gasteiger partial charge is 0.225 e. The van der Waals surface area contributed by atoms with Gasteiger partial charge in [0, 0.05) is 29.5 Å². The molecule has 1 aliphatic rings. The van der Waals surface area contributed by atoms with Crippen LogP contribution in [-0.4, -0.2) is 22.1 Å². The summed E-state index contributed by atoms with van der Waals surface area (Å²) in [4.78, 5) is 11.6. The molecule has 0 fully saturated rings. The van der Waals surface area contributed by atoms with E-state index in [-0.39, 0.29) is 5.54 Å². The van der Waals surface area contributed by atoms with E-state index in [1.807, 2.05) is 6.92 Å². The third-order valence-corrected chi connectivity index (χ3v) is 3.71.